The maximum absolute atomic E-state index is 12.9. The molecule has 0 radical (unpaired) electrons. The average Bonchev–Trinajstić information content (AvgIpc) is 2.88. The molecule has 186 valence electrons. The maximum Gasteiger partial charge on any atom is 0.267 e. The van der Waals surface area contributed by atoms with Crippen LogP contribution in [0, 0.1) is 13.8 Å². The number of piperazine rings is 1. The van der Waals surface area contributed by atoms with E-state index in [2.05, 4.69) is 10.6 Å². The maximum atomic E-state index is 12.9. The van der Waals surface area contributed by atoms with Gasteiger partial charge in [0.25, 0.3) is 5.91 Å². The topological polar surface area (TPSA) is 100 Å². The lowest BCUT2D eigenvalue weighted by atomic mass is 10.1. The predicted molar refractivity (Wildman–Crippen MR) is 132 cm³/mol. The standard InChI is InChI=1S/C26H32N4O5/c1-17-7-6-8-18(2)24(17)28-23(31)15-27-25(32)19(3)29-11-13-30(14-12-29)26(33)22-16-34-20-9-4-5-10-21(20)35-22/h4-10,19,22H,11-16H2,1-3H3,(H,27,32)(H,28,31). The van der Waals surface area contributed by atoms with Crippen LogP contribution in [0.15, 0.2) is 42.5 Å². The number of hydrogen-bond acceptors (Lipinski definition) is 6. The van der Waals surface area contributed by atoms with Gasteiger partial charge in [0.2, 0.25) is 17.9 Å². The van der Waals surface area contributed by atoms with Gasteiger partial charge >= 0.3 is 0 Å². The van der Waals surface area contributed by atoms with Crippen molar-refractivity contribution in [2.45, 2.75) is 32.9 Å². The summed E-state index contributed by atoms with van der Waals surface area (Å²) in [6.45, 7) is 7.84. The fourth-order valence-electron chi connectivity index (χ4n) is 4.35. The average molecular weight is 481 g/mol. The van der Waals surface area contributed by atoms with Crippen molar-refractivity contribution in [3.05, 3.63) is 53.6 Å². The van der Waals surface area contributed by atoms with E-state index in [1.807, 2.05) is 62.1 Å². The molecule has 0 aromatic heterocycles. The highest BCUT2D eigenvalue weighted by Gasteiger charge is 2.34. The lowest BCUT2D eigenvalue weighted by Gasteiger charge is -2.39. The second-order valence-electron chi connectivity index (χ2n) is 8.93. The summed E-state index contributed by atoms with van der Waals surface area (Å²) in [6.07, 6.45) is -0.674. The molecular weight excluding hydrogens is 448 g/mol. The van der Waals surface area contributed by atoms with Crippen molar-refractivity contribution in [3.63, 3.8) is 0 Å². The lowest BCUT2D eigenvalue weighted by molar-refractivity contribution is -0.143. The predicted octanol–water partition coefficient (Wildman–Crippen LogP) is 1.73. The fourth-order valence-corrected chi connectivity index (χ4v) is 4.35. The molecule has 0 bridgehead atoms. The second kappa shape index (κ2) is 10.8. The van der Waals surface area contributed by atoms with Gasteiger partial charge in [0.1, 0.15) is 6.61 Å². The van der Waals surface area contributed by atoms with Crippen molar-refractivity contribution in [3.8, 4) is 11.5 Å². The highest BCUT2D eigenvalue weighted by Crippen LogP contribution is 2.31. The van der Waals surface area contributed by atoms with Crippen LogP contribution in [0.4, 0.5) is 5.69 Å². The fraction of sp³-hybridized carbons (Fsp3) is 0.423. The molecule has 2 N–H and O–H groups in total. The van der Waals surface area contributed by atoms with E-state index in [-0.39, 0.29) is 30.9 Å². The number of ether oxygens (including phenoxy) is 2. The van der Waals surface area contributed by atoms with Gasteiger partial charge in [-0.1, -0.05) is 30.3 Å². The number of amides is 3. The first-order chi connectivity index (χ1) is 16.8. The van der Waals surface area contributed by atoms with Crippen LogP contribution in [0.1, 0.15) is 18.1 Å². The van der Waals surface area contributed by atoms with Crippen molar-refractivity contribution >= 4 is 23.4 Å². The molecule has 0 aliphatic carbocycles. The van der Waals surface area contributed by atoms with Gasteiger partial charge < -0.3 is 25.0 Å². The Morgan fingerprint density at radius 1 is 0.971 bits per heavy atom. The van der Waals surface area contributed by atoms with E-state index < -0.39 is 12.1 Å². The van der Waals surface area contributed by atoms with Gasteiger partial charge in [-0.3, -0.25) is 19.3 Å². The number of para-hydroxylation sites is 3. The quantitative estimate of drug-likeness (QED) is 0.653. The molecule has 2 atom stereocenters. The summed E-state index contributed by atoms with van der Waals surface area (Å²) in [6, 6.07) is 12.7. The van der Waals surface area contributed by atoms with Crippen LogP contribution >= 0.6 is 0 Å². The number of hydrogen-bond donors (Lipinski definition) is 2. The summed E-state index contributed by atoms with van der Waals surface area (Å²) in [4.78, 5) is 41.7. The monoisotopic (exact) mass is 480 g/mol. The van der Waals surface area contributed by atoms with Crippen molar-refractivity contribution in [2.24, 2.45) is 0 Å². The van der Waals surface area contributed by atoms with Gasteiger partial charge in [0.05, 0.1) is 12.6 Å². The molecule has 9 heteroatoms. The molecular formula is C26H32N4O5. The number of nitrogens with zero attached hydrogens (tertiary/aromatic N) is 2. The minimum Gasteiger partial charge on any atom is -0.485 e. The Balaban J connectivity index is 1.22. The summed E-state index contributed by atoms with van der Waals surface area (Å²) < 4.78 is 11.5. The molecule has 3 amide bonds. The first-order valence-electron chi connectivity index (χ1n) is 11.9. The van der Waals surface area contributed by atoms with E-state index in [1.54, 1.807) is 11.0 Å². The van der Waals surface area contributed by atoms with E-state index in [0.29, 0.717) is 37.7 Å². The zero-order chi connectivity index (χ0) is 24.9. The minimum absolute atomic E-state index is 0.101. The minimum atomic E-state index is -0.674. The highest BCUT2D eigenvalue weighted by molar-refractivity contribution is 5.96. The molecule has 2 heterocycles. The molecule has 2 aliphatic rings. The summed E-state index contributed by atoms with van der Waals surface area (Å²) in [7, 11) is 0. The Bertz CT molecular complexity index is 1080. The number of aryl methyl sites for hydroxylation is 2. The summed E-state index contributed by atoms with van der Waals surface area (Å²) in [5.41, 5.74) is 2.72. The number of carbonyl (C=O) groups is 3. The number of benzene rings is 2. The highest BCUT2D eigenvalue weighted by atomic mass is 16.6. The molecule has 2 aliphatic heterocycles. The number of nitrogens with one attached hydrogen (secondary N) is 2. The molecule has 1 saturated heterocycles. The third-order valence-electron chi connectivity index (χ3n) is 6.51. The van der Waals surface area contributed by atoms with E-state index in [1.165, 1.54) is 0 Å². The lowest BCUT2D eigenvalue weighted by Crippen LogP contribution is -2.57. The first kappa shape index (κ1) is 24.5. The van der Waals surface area contributed by atoms with E-state index in [9.17, 15) is 14.4 Å². The zero-order valence-electron chi connectivity index (χ0n) is 20.4. The Labute approximate surface area is 205 Å². The number of rotatable bonds is 6. The Kier molecular flexibility index (Phi) is 7.55. The molecule has 2 unspecified atom stereocenters. The molecule has 0 saturated carbocycles. The van der Waals surface area contributed by atoms with Crippen LogP contribution < -0.4 is 20.1 Å². The van der Waals surface area contributed by atoms with Gasteiger partial charge in [-0.15, -0.1) is 0 Å². The van der Waals surface area contributed by atoms with Crippen LogP contribution in [0.3, 0.4) is 0 Å². The molecule has 0 spiro atoms. The summed E-state index contributed by atoms with van der Waals surface area (Å²) in [5.74, 6) is 0.614. The largest absolute Gasteiger partial charge is 0.485 e. The second-order valence-corrected chi connectivity index (χ2v) is 8.93. The Hall–Kier alpha value is -3.59. The number of carbonyl (C=O) groups excluding carboxylic acids is 3. The van der Waals surface area contributed by atoms with Crippen molar-refractivity contribution in [1.29, 1.82) is 0 Å². The third kappa shape index (κ3) is 5.74. The van der Waals surface area contributed by atoms with Crippen LogP contribution in [0.2, 0.25) is 0 Å². The van der Waals surface area contributed by atoms with E-state index >= 15 is 0 Å². The van der Waals surface area contributed by atoms with Gasteiger partial charge in [-0.05, 0) is 44.0 Å². The van der Waals surface area contributed by atoms with E-state index in [0.717, 1.165) is 16.8 Å². The van der Waals surface area contributed by atoms with Crippen LogP contribution in [-0.4, -0.2) is 79.0 Å². The van der Waals surface area contributed by atoms with Gasteiger partial charge in [0.15, 0.2) is 11.5 Å². The van der Waals surface area contributed by atoms with Crippen molar-refractivity contribution in [1.82, 2.24) is 15.1 Å². The number of fused-ring (bicyclic) bond motifs is 1. The van der Waals surface area contributed by atoms with Gasteiger partial charge in [-0.25, -0.2) is 0 Å². The number of anilines is 1. The van der Waals surface area contributed by atoms with Crippen LogP contribution in [0.5, 0.6) is 11.5 Å². The van der Waals surface area contributed by atoms with E-state index in [4.69, 9.17) is 9.47 Å². The SMILES string of the molecule is Cc1cccc(C)c1NC(=O)CNC(=O)C(C)N1CCN(C(=O)C2COc3ccccc3O2)CC1. The van der Waals surface area contributed by atoms with Crippen LogP contribution in [-0.2, 0) is 14.4 Å². The molecule has 35 heavy (non-hydrogen) atoms. The van der Waals surface area contributed by atoms with Crippen molar-refractivity contribution < 1.29 is 23.9 Å². The molecule has 4 rings (SSSR count). The summed E-state index contributed by atoms with van der Waals surface area (Å²) >= 11 is 0. The zero-order valence-corrected chi connectivity index (χ0v) is 20.4. The Morgan fingerprint density at radius 3 is 2.31 bits per heavy atom. The first-order valence-corrected chi connectivity index (χ1v) is 11.9. The smallest absolute Gasteiger partial charge is 0.267 e. The summed E-state index contributed by atoms with van der Waals surface area (Å²) in [5, 5.41) is 5.60. The van der Waals surface area contributed by atoms with Gasteiger partial charge in [0, 0.05) is 31.9 Å². The molecule has 9 nitrogen and oxygen atoms in total. The molecule has 1 fully saturated rings. The molecule has 2 aromatic rings. The van der Waals surface area contributed by atoms with Gasteiger partial charge in [-0.2, -0.15) is 0 Å². The molecule has 2 aromatic carbocycles. The normalized spacial score (nSPS) is 18.5. The van der Waals surface area contributed by atoms with Crippen LogP contribution in [0.25, 0.3) is 0 Å². The van der Waals surface area contributed by atoms with Crippen molar-refractivity contribution in [2.75, 3.05) is 44.6 Å². The third-order valence-corrected chi connectivity index (χ3v) is 6.51. The Morgan fingerprint density at radius 2 is 1.63 bits per heavy atom.